The maximum Gasteiger partial charge on any atom is 0.258 e. The lowest BCUT2D eigenvalue weighted by Crippen LogP contribution is -2.15. The van der Waals surface area contributed by atoms with Crippen LogP contribution in [0.25, 0.3) is 0 Å². The van der Waals surface area contributed by atoms with E-state index in [2.05, 4.69) is 10.4 Å². The average molecular weight is 394 g/mol. The Morgan fingerprint density at radius 3 is 2.48 bits per heavy atom. The topological polar surface area (TPSA) is 46.9 Å². The van der Waals surface area contributed by atoms with Crippen molar-refractivity contribution in [1.29, 1.82) is 0 Å². The van der Waals surface area contributed by atoms with Crippen LogP contribution in [0, 0.1) is 31.3 Å². The van der Waals surface area contributed by atoms with Crippen molar-refractivity contribution < 1.29 is 18.0 Å². The molecular weight excluding hydrogens is 379 g/mol. The van der Waals surface area contributed by atoms with Gasteiger partial charge in [-0.25, -0.2) is 13.2 Å². The molecule has 0 radical (unpaired) electrons. The van der Waals surface area contributed by atoms with Gasteiger partial charge in [0, 0.05) is 5.02 Å². The lowest BCUT2D eigenvalue weighted by Gasteiger charge is -2.09. The number of aryl methyl sites for hydroxylation is 1. The van der Waals surface area contributed by atoms with Gasteiger partial charge in [0.1, 0.15) is 17.5 Å². The molecule has 3 rings (SSSR count). The Hall–Kier alpha value is -2.80. The van der Waals surface area contributed by atoms with Crippen LogP contribution in [-0.4, -0.2) is 15.7 Å². The number of amides is 1. The predicted molar refractivity (Wildman–Crippen MR) is 96.5 cm³/mol. The summed E-state index contributed by atoms with van der Waals surface area (Å²) in [5, 5.41) is 7.17. The molecule has 0 aliphatic carbocycles. The van der Waals surface area contributed by atoms with Crippen molar-refractivity contribution in [2.75, 3.05) is 5.32 Å². The number of hydrogen-bond donors (Lipinski definition) is 1. The number of benzene rings is 2. The van der Waals surface area contributed by atoms with Crippen molar-refractivity contribution in [1.82, 2.24) is 9.78 Å². The van der Waals surface area contributed by atoms with E-state index in [1.54, 1.807) is 24.6 Å². The molecule has 1 heterocycles. The third-order valence-electron chi connectivity index (χ3n) is 4.13. The SMILES string of the molecule is Cc1nn(Cc2ccc(F)cc2Cl)c(C)c1NC(=O)c1cc(F)ccc1F. The molecule has 0 aliphatic heterocycles. The van der Waals surface area contributed by atoms with Crippen molar-refractivity contribution in [2.45, 2.75) is 20.4 Å². The first-order valence-electron chi connectivity index (χ1n) is 8.00. The maximum absolute atomic E-state index is 13.8. The average Bonchev–Trinajstić information content (AvgIpc) is 2.87. The van der Waals surface area contributed by atoms with E-state index >= 15 is 0 Å². The van der Waals surface area contributed by atoms with Crippen LogP contribution in [0.1, 0.15) is 27.3 Å². The van der Waals surface area contributed by atoms with Gasteiger partial charge in [-0.3, -0.25) is 9.48 Å². The molecule has 0 aliphatic rings. The minimum atomic E-state index is -0.824. The molecule has 27 heavy (non-hydrogen) atoms. The minimum Gasteiger partial charge on any atom is -0.319 e. The van der Waals surface area contributed by atoms with Gasteiger partial charge in [0.05, 0.1) is 29.2 Å². The van der Waals surface area contributed by atoms with Crippen LogP contribution in [0.2, 0.25) is 5.02 Å². The van der Waals surface area contributed by atoms with Gasteiger partial charge in [0.15, 0.2) is 0 Å². The fraction of sp³-hybridized carbons (Fsp3) is 0.158. The first kappa shape index (κ1) is 19.0. The van der Waals surface area contributed by atoms with Gasteiger partial charge in [-0.05, 0) is 49.7 Å². The first-order valence-corrected chi connectivity index (χ1v) is 8.38. The number of rotatable bonds is 4. The van der Waals surface area contributed by atoms with Gasteiger partial charge >= 0.3 is 0 Å². The number of aromatic nitrogens is 2. The van der Waals surface area contributed by atoms with Gasteiger partial charge in [-0.15, -0.1) is 0 Å². The monoisotopic (exact) mass is 393 g/mol. The number of nitrogens with one attached hydrogen (secondary N) is 1. The molecule has 140 valence electrons. The van der Waals surface area contributed by atoms with Crippen LogP contribution in [0.5, 0.6) is 0 Å². The normalized spacial score (nSPS) is 10.9. The summed E-state index contributed by atoms with van der Waals surface area (Å²) in [4.78, 5) is 12.3. The molecule has 0 unspecified atom stereocenters. The first-order chi connectivity index (χ1) is 12.8. The summed E-state index contributed by atoms with van der Waals surface area (Å²) in [7, 11) is 0. The van der Waals surface area contributed by atoms with Crippen LogP contribution in [0.15, 0.2) is 36.4 Å². The van der Waals surface area contributed by atoms with E-state index in [-0.39, 0.29) is 11.6 Å². The molecule has 0 fully saturated rings. The molecule has 3 aromatic rings. The number of anilines is 1. The molecular formula is C19H15ClF3N3O. The highest BCUT2D eigenvalue weighted by atomic mass is 35.5. The maximum atomic E-state index is 13.8. The van der Waals surface area contributed by atoms with Gasteiger partial charge < -0.3 is 5.32 Å². The third-order valence-corrected chi connectivity index (χ3v) is 4.48. The van der Waals surface area contributed by atoms with Crippen LogP contribution in [-0.2, 0) is 6.54 Å². The van der Waals surface area contributed by atoms with E-state index < -0.39 is 28.9 Å². The van der Waals surface area contributed by atoms with E-state index in [0.717, 1.165) is 18.2 Å². The van der Waals surface area contributed by atoms with Crippen molar-refractivity contribution in [3.63, 3.8) is 0 Å². The van der Waals surface area contributed by atoms with E-state index in [4.69, 9.17) is 11.6 Å². The Kier molecular flexibility index (Phi) is 5.23. The molecule has 1 amide bonds. The predicted octanol–water partition coefficient (Wildman–Crippen LogP) is 4.87. The highest BCUT2D eigenvalue weighted by Crippen LogP contribution is 2.24. The van der Waals surface area contributed by atoms with Crippen LogP contribution >= 0.6 is 11.6 Å². The van der Waals surface area contributed by atoms with Crippen molar-refractivity contribution in [3.05, 3.63) is 81.4 Å². The molecule has 2 aromatic carbocycles. The quantitative estimate of drug-likeness (QED) is 0.687. The summed E-state index contributed by atoms with van der Waals surface area (Å²) in [5.74, 6) is -2.76. The van der Waals surface area contributed by atoms with Gasteiger partial charge in [0.25, 0.3) is 5.91 Å². The van der Waals surface area contributed by atoms with E-state index in [1.807, 2.05) is 0 Å². The van der Waals surface area contributed by atoms with Crippen molar-refractivity contribution in [2.24, 2.45) is 0 Å². The van der Waals surface area contributed by atoms with Crippen molar-refractivity contribution in [3.8, 4) is 0 Å². The second-order valence-corrected chi connectivity index (χ2v) is 6.42. The summed E-state index contributed by atoms with van der Waals surface area (Å²) in [6.45, 7) is 3.65. The molecule has 0 atom stereocenters. The fourth-order valence-corrected chi connectivity index (χ4v) is 2.92. The Bertz CT molecular complexity index is 1030. The van der Waals surface area contributed by atoms with Crippen LogP contribution < -0.4 is 5.32 Å². The summed E-state index contributed by atoms with van der Waals surface area (Å²) in [6.07, 6.45) is 0. The second kappa shape index (κ2) is 7.44. The zero-order valence-electron chi connectivity index (χ0n) is 14.5. The van der Waals surface area contributed by atoms with Crippen LogP contribution in [0.3, 0.4) is 0 Å². The summed E-state index contributed by atoms with van der Waals surface area (Å²) < 4.78 is 41.9. The van der Waals surface area contributed by atoms with Gasteiger partial charge in [0.2, 0.25) is 0 Å². The molecule has 4 nitrogen and oxygen atoms in total. The highest BCUT2D eigenvalue weighted by molar-refractivity contribution is 6.31. The molecule has 8 heteroatoms. The second-order valence-electron chi connectivity index (χ2n) is 6.02. The summed E-state index contributed by atoms with van der Waals surface area (Å²) in [6, 6.07) is 6.71. The Morgan fingerprint density at radius 1 is 1.11 bits per heavy atom. The molecule has 0 saturated carbocycles. The Balaban J connectivity index is 1.87. The zero-order chi connectivity index (χ0) is 19.7. The van der Waals surface area contributed by atoms with Gasteiger partial charge in [-0.2, -0.15) is 5.10 Å². The lowest BCUT2D eigenvalue weighted by molar-refractivity contribution is 0.102. The Labute approximate surface area is 158 Å². The number of hydrogen-bond acceptors (Lipinski definition) is 2. The zero-order valence-corrected chi connectivity index (χ0v) is 15.2. The van der Waals surface area contributed by atoms with Gasteiger partial charge in [-0.1, -0.05) is 17.7 Å². The Morgan fingerprint density at radius 2 is 1.78 bits per heavy atom. The molecule has 0 spiro atoms. The molecule has 1 N–H and O–H groups in total. The summed E-state index contributed by atoms with van der Waals surface area (Å²) in [5.41, 5.74) is 1.73. The lowest BCUT2D eigenvalue weighted by atomic mass is 10.2. The highest BCUT2D eigenvalue weighted by Gasteiger charge is 2.18. The van der Waals surface area contributed by atoms with Crippen LogP contribution in [0.4, 0.5) is 18.9 Å². The number of carbonyl (C=O) groups is 1. The van der Waals surface area contributed by atoms with E-state index in [0.29, 0.717) is 22.6 Å². The third kappa shape index (κ3) is 3.98. The smallest absolute Gasteiger partial charge is 0.258 e. The standard InChI is InChI=1S/C19H15ClF3N3O/c1-10-18(24-19(27)15-7-13(21)5-6-17(15)23)11(2)26(25-10)9-12-3-4-14(22)8-16(12)20/h3-8H,9H2,1-2H3,(H,24,27). The molecule has 0 saturated heterocycles. The number of nitrogens with zero attached hydrogens (tertiary/aromatic N) is 2. The van der Waals surface area contributed by atoms with E-state index in [9.17, 15) is 18.0 Å². The number of halogens is 4. The summed E-state index contributed by atoms with van der Waals surface area (Å²) >= 11 is 6.05. The van der Waals surface area contributed by atoms with E-state index in [1.165, 1.54) is 12.1 Å². The largest absolute Gasteiger partial charge is 0.319 e. The van der Waals surface area contributed by atoms with Crippen molar-refractivity contribution >= 4 is 23.2 Å². The molecule has 1 aromatic heterocycles. The fourth-order valence-electron chi connectivity index (χ4n) is 2.70. The molecule has 0 bridgehead atoms. The minimum absolute atomic E-state index is 0.259. The number of carbonyl (C=O) groups excluding carboxylic acids is 1.